The molecule has 1 fully saturated rings. The van der Waals surface area contributed by atoms with E-state index in [1.807, 2.05) is 7.05 Å². The number of anilines is 1. The van der Waals surface area contributed by atoms with Gasteiger partial charge in [-0.3, -0.25) is 0 Å². The number of nitrogens with zero attached hydrogens (tertiary/aromatic N) is 1. The zero-order valence-electron chi connectivity index (χ0n) is 9.88. The number of benzene rings is 1. The molecule has 2 rings (SSSR count). The smallest absolute Gasteiger partial charge is 0.0366 e. The lowest BCUT2D eigenvalue weighted by atomic mass is 9.84. The predicted octanol–water partition coefficient (Wildman–Crippen LogP) is 2.25. The Labute approximate surface area is 92.3 Å². The van der Waals surface area contributed by atoms with E-state index in [9.17, 15) is 0 Å². The standard InChI is InChI=1S/C13H20N2/c1-13(2)9-15(10-13)12-6-4-11(5-7-12)8-14-3/h4-7,14H,8-10H2,1-3H3. The average molecular weight is 204 g/mol. The topological polar surface area (TPSA) is 15.3 Å². The lowest BCUT2D eigenvalue weighted by Crippen LogP contribution is -2.53. The van der Waals surface area contributed by atoms with Gasteiger partial charge >= 0.3 is 0 Å². The van der Waals surface area contributed by atoms with Crippen molar-refractivity contribution in [2.45, 2.75) is 20.4 Å². The molecule has 0 saturated carbocycles. The highest BCUT2D eigenvalue weighted by Crippen LogP contribution is 2.33. The van der Waals surface area contributed by atoms with Crippen LogP contribution in [0.15, 0.2) is 24.3 Å². The van der Waals surface area contributed by atoms with Gasteiger partial charge in [0.1, 0.15) is 0 Å². The van der Waals surface area contributed by atoms with Gasteiger partial charge in [-0.25, -0.2) is 0 Å². The second-order valence-electron chi connectivity index (χ2n) is 5.22. The summed E-state index contributed by atoms with van der Waals surface area (Å²) in [5.41, 5.74) is 3.21. The van der Waals surface area contributed by atoms with Crippen LogP contribution in [0, 0.1) is 5.41 Å². The zero-order chi connectivity index (χ0) is 10.9. The average Bonchev–Trinajstić information content (AvgIpc) is 2.16. The minimum atomic E-state index is 0.504. The van der Waals surface area contributed by atoms with Crippen LogP contribution in [-0.4, -0.2) is 20.1 Å². The van der Waals surface area contributed by atoms with Crippen molar-refractivity contribution in [3.05, 3.63) is 29.8 Å². The van der Waals surface area contributed by atoms with Crippen LogP contribution in [0.1, 0.15) is 19.4 Å². The molecule has 0 spiro atoms. The van der Waals surface area contributed by atoms with E-state index in [1.165, 1.54) is 24.3 Å². The first-order valence-corrected chi connectivity index (χ1v) is 5.59. The minimum absolute atomic E-state index is 0.504. The Morgan fingerprint density at radius 3 is 2.27 bits per heavy atom. The van der Waals surface area contributed by atoms with E-state index in [-0.39, 0.29) is 0 Å². The normalized spacial score (nSPS) is 18.7. The number of rotatable bonds is 3. The fraction of sp³-hybridized carbons (Fsp3) is 0.538. The molecule has 0 aliphatic carbocycles. The van der Waals surface area contributed by atoms with Crippen LogP contribution in [0.3, 0.4) is 0 Å². The van der Waals surface area contributed by atoms with Crippen molar-refractivity contribution in [1.82, 2.24) is 5.32 Å². The summed E-state index contributed by atoms with van der Waals surface area (Å²) in [4.78, 5) is 2.43. The van der Waals surface area contributed by atoms with Gasteiger partial charge in [-0.05, 0) is 30.2 Å². The molecule has 1 aliphatic heterocycles. The van der Waals surface area contributed by atoms with E-state index in [4.69, 9.17) is 0 Å². The molecule has 1 N–H and O–H groups in total. The van der Waals surface area contributed by atoms with Crippen LogP contribution in [0.25, 0.3) is 0 Å². The highest BCUT2D eigenvalue weighted by molar-refractivity contribution is 5.50. The van der Waals surface area contributed by atoms with E-state index >= 15 is 0 Å². The van der Waals surface area contributed by atoms with Gasteiger partial charge in [0, 0.05) is 25.3 Å². The summed E-state index contributed by atoms with van der Waals surface area (Å²) in [7, 11) is 1.98. The Morgan fingerprint density at radius 2 is 1.80 bits per heavy atom. The Hall–Kier alpha value is -1.02. The third kappa shape index (κ3) is 2.32. The van der Waals surface area contributed by atoms with Crippen molar-refractivity contribution in [3.8, 4) is 0 Å². The summed E-state index contributed by atoms with van der Waals surface area (Å²) >= 11 is 0. The molecule has 0 atom stereocenters. The molecule has 0 radical (unpaired) electrons. The van der Waals surface area contributed by atoms with Crippen LogP contribution in [0.2, 0.25) is 0 Å². The maximum absolute atomic E-state index is 3.16. The van der Waals surface area contributed by atoms with Crippen molar-refractivity contribution < 1.29 is 0 Å². The molecule has 2 nitrogen and oxygen atoms in total. The number of hydrogen-bond donors (Lipinski definition) is 1. The molecule has 15 heavy (non-hydrogen) atoms. The van der Waals surface area contributed by atoms with Crippen LogP contribution in [0.5, 0.6) is 0 Å². The summed E-state index contributed by atoms with van der Waals surface area (Å²) in [5, 5.41) is 3.16. The van der Waals surface area contributed by atoms with Gasteiger partial charge in [0.2, 0.25) is 0 Å². The summed E-state index contributed by atoms with van der Waals surface area (Å²) in [5.74, 6) is 0. The molecule has 0 unspecified atom stereocenters. The highest BCUT2D eigenvalue weighted by Gasteiger charge is 2.33. The van der Waals surface area contributed by atoms with Gasteiger partial charge in [-0.1, -0.05) is 26.0 Å². The van der Waals surface area contributed by atoms with E-state index < -0.39 is 0 Å². The largest absolute Gasteiger partial charge is 0.370 e. The molecule has 1 aromatic rings. The van der Waals surface area contributed by atoms with Crippen LogP contribution < -0.4 is 10.2 Å². The van der Waals surface area contributed by atoms with Crippen molar-refractivity contribution >= 4 is 5.69 Å². The van der Waals surface area contributed by atoms with Crippen molar-refractivity contribution in [3.63, 3.8) is 0 Å². The Kier molecular flexibility index (Phi) is 2.70. The fourth-order valence-electron chi connectivity index (χ4n) is 2.20. The van der Waals surface area contributed by atoms with Gasteiger partial charge in [0.05, 0.1) is 0 Å². The summed E-state index contributed by atoms with van der Waals surface area (Å²) in [6.07, 6.45) is 0. The summed E-state index contributed by atoms with van der Waals surface area (Å²) in [6, 6.07) is 8.86. The quantitative estimate of drug-likeness (QED) is 0.812. The lowest BCUT2D eigenvalue weighted by molar-refractivity contribution is 0.276. The second kappa shape index (κ2) is 3.86. The fourth-order valence-corrected chi connectivity index (χ4v) is 2.20. The Bertz CT molecular complexity index is 319. The van der Waals surface area contributed by atoms with Gasteiger partial charge in [-0.2, -0.15) is 0 Å². The first-order valence-electron chi connectivity index (χ1n) is 5.59. The molecular weight excluding hydrogens is 184 g/mol. The van der Waals surface area contributed by atoms with Crippen molar-refractivity contribution in [2.75, 3.05) is 25.0 Å². The SMILES string of the molecule is CNCc1ccc(N2CC(C)(C)C2)cc1. The Balaban J connectivity index is 1.99. The first-order chi connectivity index (χ1) is 7.11. The molecule has 1 aromatic carbocycles. The van der Waals surface area contributed by atoms with Gasteiger partial charge in [-0.15, -0.1) is 0 Å². The third-order valence-corrected chi connectivity index (χ3v) is 2.92. The van der Waals surface area contributed by atoms with Crippen LogP contribution in [0.4, 0.5) is 5.69 Å². The van der Waals surface area contributed by atoms with E-state index in [1.54, 1.807) is 0 Å². The summed E-state index contributed by atoms with van der Waals surface area (Å²) in [6.45, 7) is 7.94. The van der Waals surface area contributed by atoms with E-state index in [0.717, 1.165) is 6.54 Å². The molecular formula is C13H20N2. The monoisotopic (exact) mass is 204 g/mol. The summed E-state index contributed by atoms with van der Waals surface area (Å²) < 4.78 is 0. The molecule has 1 aliphatic rings. The van der Waals surface area contributed by atoms with Crippen molar-refractivity contribution in [2.24, 2.45) is 5.41 Å². The molecule has 0 bridgehead atoms. The van der Waals surface area contributed by atoms with Crippen molar-refractivity contribution in [1.29, 1.82) is 0 Å². The number of hydrogen-bond acceptors (Lipinski definition) is 2. The zero-order valence-corrected chi connectivity index (χ0v) is 9.88. The van der Waals surface area contributed by atoms with E-state index in [0.29, 0.717) is 5.41 Å². The molecule has 1 saturated heterocycles. The molecule has 0 amide bonds. The maximum Gasteiger partial charge on any atom is 0.0366 e. The highest BCUT2D eigenvalue weighted by atomic mass is 15.2. The third-order valence-electron chi connectivity index (χ3n) is 2.92. The second-order valence-corrected chi connectivity index (χ2v) is 5.22. The van der Waals surface area contributed by atoms with E-state index in [2.05, 4.69) is 48.3 Å². The number of nitrogens with one attached hydrogen (secondary N) is 1. The molecule has 82 valence electrons. The van der Waals surface area contributed by atoms with Crippen LogP contribution >= 0.6 is 0 Å². The molecule has 1 heterocycles. The first kappa shape index (κ1) is 10.5. The van der Waals surface area contributed by atoms with Gasteiger partial charge < -0.3 is 10.2 Å². The van der Waals surface area contributed by atoms with Crippen LogP contribution in [-0.2, 0) is 6.54 Å². The maximum atomic E-state index is 3.16. The minimum Gasteiger partial charge on any atom is -0.370 e. The predicted molar refractivity (Wildman–Crippen MR) is 65.2 cm³/mol. The molecule has 2 heteroatoms. The van der Waals surface area contributed by atoms with Gasteiger partial charge in [0.25, 0.3) is 0 Å². The van der Waals surface area contributed by atoms with Gasteiger partial charge in [0.15, 0.2) is 0 Å². The lowest BCUT2D eigenvalue weighted by Gasteiger charge is -2.47. The Morgan fingerprint density at radius 1 is 1.20 bits per heavy atom. The molecule has 0 aromatic heterocycles.